The Hall–Kier alpha value is -2.55. The van der Waals surface area contributed by atoms with Crippen LogP contribution in [0.25, 0.3) is 10.4 Å². The molecule has 0 saturated carbocycles. The van der Waals surface area contributed by atoms with Gasteiger partial charge in [-0.05, 0) is 16.7 Å². The SMILES string of the molecule is NC(=O)c1c(N)sc2c1Cc1ccccc1-2.O=C(O)C(F)(F)F. The summed E-state index contributed by atoms with van der Waals surface area (Å²) in [5.74, 6) is -3.18. The number of fused-ring (bicyclic) bond motifs is 3. The third kappa shape index (κ3) is 3.29. The lowest BCUT2D eigenvalue weighted by Gasteiger charge is -1.98. The molecule has 1 amide bonds. The number of primary amides is 1. The van der Waals surface area contributed by atoms with Crippen LogP contribution in [-0.4, -0.2) is 23.2 Å². The van der Waals surface area contributed by atoms with Gasteiger partial charge in [0.2, 0.25) is 0 Å². The molecule has 0 aliphatic heterocycles. The fraction of sp³-hybridized carbons (Fsp3) is 0.143. The Morgan fingerprint density at radius 2 is 1.78 bits per heavy atom. The quantitative estimate of drug-likeness (QED) is 0.631. The molecule has 1 aromatic heterocycles. The van der Waals surface area contributed by atoms with Crippen molar-refractivity contribution in [3.8, 4) is 10.4 Å². The lowest BCUT2D eigenvalue weighted by molar-refractivity contribution is -0.192. The summed E-state index contributed by atoms with van der Waals surface area (Å²) in [5, 5.41) is 7.66. The van der Waals surface area contributed by atoms with E-state index < -0.39 is 18.1 Å². The van der Waals surface area contributed by atoms with Crippen molar-refractivity contribution in [3.05, 3.63) is 41.0 Å². The highest BCUT2D eigenvalue weighted by Crippen LogP contribution is 2.46. The monoisotopic (exact) mass is 344 g/mol. The number of thiophene rings is 1. The molecule has 1 heterocycles. The van der Waals surface area contributed by atoms with Crippen LogP contribution in [0.15, 0.2) is 24.3 Å². The Bertz CT molecular complexity index is 784. The summed E-state index contributed by atoms with van der Waals surface area (Å²) in [4.78, 5) is 21.3. The van der Waals surface area contributed by atoms with Gasteiger partial charge in [-0.1, -0.05) is 24.3 Å². The van der Waals surface area contributed by atoms with E-state index in [2.05, 4.69) is 12.1 Å². The third-order valence-electron chi connectivity index (χ3n) is 3.15. The molecule has 0 unspecified atom stereocenters. The lowest BCUT2D eigenvalue weighted by Crippen LogP contribution is -2.21. The van der Waals surface area contributed by atoms with Crippen LogP contribution in [0.4, 0.5) is 18.2 Å². The smallest absolute Gasteiger partial charge is 0.475 e. The molecule has 0 saturated heterocycles. The molecule has 5 nitrogen and oxygen atoms in total. The van der Waals surface area contributed by atoms with Gasteiger partial charge < -0.3 is 16.6 Å². The predicted octanol–water partition coefficient (Wildman–Crippen LogP) is 2.63. The number of carboxylic acid groups (broad SMARTS) is 1. The van der Waals surface area contributed by atoms with E-state index in [1.54, 1.807) is 0 Å². The van der Waals surface area contributed by atoms with E-state index in [9.17, 15) is 18.0 Å². The number of rotatable bonds is 1. The Morgan fingerprint density at radius 3 is 2.30 bits per heavy atom. The van der Waals surface area contributed by atoms with Crippen molar-refractivity contribution >= 4 is 28.2 Å². The standard InChI is InChI=1S/C12H10N2OS.C2HF3O2/c13-11(15)9-8-5-6-3-1-2-4-7(6)10(8)16-12(9)14;3-2(4,5)1(6)7/h1-4H,5,14H2,(H2,13,15);(H,6,7). The van der Waals surface area contributed by atoms with Gasteiger partial charge in [-0.3, -0.25) is 4.79 Å². The topological polar surface area (TPSA) is 106 Å². The van der Waals surface area contributed by atoms with Gasteiger partial charge in [0.1, 0.15) is 0 Å². The van der Waals surface area contributed by atoms with E-state index in [1.165, 1.54) is 22.5 Å². The minimum Gasteiger partial charge on any atom is -0.475 e. The second-order valence-corrected chi connectivity index (χ2v) is 5.70. The normalized spacial score (nSPS) is 12.0. The first-order chi connectivity index (χ1) is 10.6. The van der Waals surface area contributed by atoms with Gasteiger partial charge in [0.15, 0.2) is 0 Å². The highest BCUT2D eigenvalue weighted by Gasteiger charge is 2.38. The fourth-order valence-electron chi connectivity index (χ4n) is 2.23. The van der Waals surface area contributed by atoms with Crippen molar-refractivity contribution < 1.29 is 27.9 Å². The summed E-state index contributed by atoms with van der Waals surface area (Å²) >= 11 is 1.45. The average Bonchev–Trinajstić information content (AvgIpc) is 2.92. The van der Waals surface area contributed by atoms with E-state index in [4.69, 9.17) is 21.4 Å². The van der Waals surface area contributed by atoms with Crippen LogP contribution >= 0.6 is 11.3 Å². The fourth-order valence-corrected chi connectivity index (χ4v) is 3.38. The number of nitrogens with two attached hydrogens (primary N) is 2. The number of aliphatic carboxylic acids is 1. The third-order valence-corrected chi connectivity index (χ3v) is 4.25. The molecule has 2 aromatic rings. The molecular weight excluding hydrogens is 333 g/mol. The van der Waals surface area contributed by atoms with Crippen LogP contribution < -0.4 is 11.5 Å². The molecule has 1 aliphatic rings. The zero-order valence-electron chi connectivity index (χ0n) is 11.5. The lowest BCUT2D eigenvalue weighted by atomic mass is 10.1. The van der Waals surface area contributed by atoms with E-state index in [0.29, 0.717) is 10.6 Å². The number of carbonyl (C=O) groups is 2. The van der Waals surface area contributed by atoms with Gasteiger partial charge in [0.05, 0.1) is 10.6 Å². The second-order valence-electron chi connectivity index (χ2n) is 4.65. The highest BCUT2D eigenvalue weighted by atomic mass is 32.1. The molecule has 23 heavy (non-hydrogen) atoms. The second kappa shape index (κ2) is 5.92. The molecule has 3 rings (SSSR count). The molecule has 9 heteroatoms. The number of hydrogen-bond donors (Lipinski definition) is 3. The maximum absolute atomic E-state index is 11.3. The summed E-state index contributed by atoms with van der Waals surface area (Å²) < 4.78 is 31.7. The largest absolute Gasteiger partial charge is 0.490 e. The van der Waals surface area contributed by atoms with Crippen LogP contribution in [0.2, 0.25) is 0 Å². The van der Waals surface area contributed by atoms with Crippen molar-refractivity contribution in [2.75, 3.05) is 5.73 Å². The first-order valence-electron chi connectivity index (χ1n) is 6.22. The Labute approximate surface area is 132 Å². The maximum atomic E-state index is 11.3. The van der Waals surface area contributed by atoms with E-state index in [1.807, 2.05) is 12.1 Å². The summed E-state index contributed by atoms with van der Waals surface area (Å²) in [6, 6.07) is 8.13. The van der Waals surface area contributed by atoms with Crippen LogP contribution in [0.3, 0.4) is 0 Å². The van der Waals surface area contributed by atoms with Gasteiger partial charge in [0.25, 0.3) is 5.91 Å². The number of carbonyl (C=O) groups excluding carboxylic acids is 1. The van der Waals surface area contributed by atoms with Crippen molar-refractivity contribution in [2.45, 2.75) is 12.6 Å². The van der Waals surface area contributed by atoms with Crippen molar-refractivity contribution in [1.82, 2.24) is 0 Å². The molecule has 0 fully saturated rings. The number of benzene rings is 1. The summed E-state index contributed by atoms with van der Waals surface area (Å²) in [6.45, 7) is 0. The van der Waals surface area contributed by atoms with E-state index >= 15 is 0 Å². The number of amides is 1. The van der Waals surface area contributed by atoms with E-state index in [-0.39, 0.29) is 0 Å². The number of anilines is 1. The molecule has 5 N–H and O–H groups in total. The number of carboxylic acids is 1. The average molecular weight is 344 g/mol. The Balaban J connectivity index is 0.000000236. The van der Waals surface area contributed by atoms with Crippen LogP contribution in [-0.2, 0) is 11.2 Å². The van der Waals surface area contributed by atoms with Crippen LogP contribution in [0.1, 0.15) is 21.5 Å². The summed E-state index contributed by atoms with van der Waals surface area (Å²) in [5.41, 5.74) is 15.1. The van der Waals surface area contributed by atoms with Crippen molar-refractivity contribution in [1.29, 1.82) is 0 Å². The molecule has 0 spiro atoms. The van der Waals surface area contributed by atoms with Crippen LogP contribution in [0.5, 0.6) is 0 Å². The number of halogens is 3. The van der Waals surface area contributed by atoms with Crippen molar-refractivity contribution in [3.63, 3.8) is 0 Å². The zero-order valence-corrected chi connectivity index (χ0v) is 12.3. The van der Waals surface area contributed by atoms with Gasteiger partial charge in [-0.2, -0.15) is 13.2 Å². The van der Waals surface area contributed by atoms with Gasteiger partial charge in [-0.25, -0.2) is 4.79 Å². The molecule has 1 aliphatic carbocycles. The van der Waals surface area contributed by atoms with Crippen LogP contribution in [0, 0.1) is 0 Å². The molecule has 0 radical (unpaired) electrons. The van der Waals surface area contributed by atoms with Gasteiger partial charge >= 0.3 is 12.1 Å². The predicted molar refractivity (Wildman–Crippen MR) is 79.2 cm³/mol. The van der Waals surface area contributed by atoms with Crippen molar-refractivity contribution in [2.24, 2.45) is 5.73 Å². The minimum absolute atomic E-state index is 0.428. The number of alkyl halides is 3. The van der Waals surface area contributed by atoms with Gasteiger partial charge in [-0.15, -0.1) is 11.3 Å². The van der Waals surface area contributed by atoms with E-state index in [0.717, 1.165) is 16.9 Å². The summed E-state index contributed by atoms with van der Waals surface area (Å²) in [6.07, 6.45) is -4.32. The molecule has 0 atom stereocenters. The number of nitrogen functional groups attached to an aromatic ring is 1. The molecule has 0 bridgehead atoms. The first kappa shape index (κ1) is 16.8. The number of hydrogen-bond acceptors (Lipinski definition) is 4. The highest BCUT2D eigenvalue weighted by molar-refractivity contribution is 7.20. The molecule has 122 valence electrons. The van der Waals surface area contributed by atoms with Gasteiger partial charge in [0, 0.05) is 11.3 Å². The summed E-state index contributed by atoms with van der Waals surface area (Å²) in [7, 11) is 0. The minimum atomic E-state index is -5.08. The maximum Gasteiger partial charge on any atom is 0.490 e. The first-order valence-corrected chi connectivity index (χ1v) is 7.04. The Morgan fingerprint density at radius 1 is 1.22 bits per heavy atom. The molecule has 1 aromatic carbocycles. The zero-order chi connectivity index (χ0) is 17.4. The molecular formula is C14H11F3N2O3S. The Kier molecular flexibility index (Phi) is 4.33.